The molecule has 0 aliphatic heterocycles. The third-order valence-electron chi connectivity index (χ3n) is 3.37. The second-order valence-electron chi connectivity index (χ2n) is 4.84. The molecule has 2 nitrogen and oxygen atoms in total. The lowest BCUT2D eigenvalue weighted by atomic mass is 10.0. The molecule has 1 aromatic carbocycles. The van der Waals surface area contributed by atoms with Gasteiger partial charge in [0.1, 0.15) is 0 Å². The number of fused-ring (bicyclic) bond motifs is 1. The van der Waals surface area contributed by atoms with Gasteiger partial charge in [0.15, 0.2) is 0 Å². The van der Waals surface area contributed by atoms with E-state index in [2.05, 4.69) is 44.9 Å². The van der Waals surface area contributed by atoms with Gasteiger partial charge in [0.25, 0.3) is 0 Å². The van der Waals surface area contributed by atoms with Gasteiger partial charge in [-0.25, -0.2) is 0 Å². The highest BCUT2D eigenvalue weighted by atomic mass is 79.9. The standard InChI is InChI=1S/C13H14BrNO/c1-15-8-11(14)10-6-9(2-3-12(10)15)7-13(16)4-5-13/h2-3,6,8,16H,4-5,7H2,1H3. The molecule has 1 N–H and O–H groups in total. The highest BCUT2D eigenvalue weighted by Crippen LogP contribution is 2.39. The largest absolute Gasteiger partial charge is 0.390 e. The average molecular weight is 280 g/mol. The molecule has 3 heteroatoms. The lowest BCUT2D eigenvalue weighted by Crippen LogP contribution is -2.10. The summed E-state index contributed by atoms with van der Waals surface area (Å²) in [5.74, 6) is 0. The van der Waals surface area contributed by atoms with Crippen LogP contribution in [0.2, 0.25) is 0 Å². The van der Waals surface area contributed by atoms with Crippen molar-refractivity contribution >= 4 is 26.8 Å². The zero-order valence-corrected chi connectivity index (χ0v) is 10.8. The van der Waals surface area contributed by atoms with Crippen LogP contribution in [0.4, 0.5) is 0 Å². The molecule has 1 fully saturated rings. The minimum absolute atomic E-state index is 0.408. The Kier molecular flexibility index (Phi) is 2.17. The molecule has 1 aliphatic carbocycles. The van der Waals surface area contributed by atoms with Gasteiger partial charge in [-0.15, -0.1) is 0 Å². The van der Waals surface area contributed by atoms with Crippen LogP contribution in [0.5, 0.6) is 0 Å². The number of rotatable bonds is 2. The number of aryl methyl sites for hydroxylation is 1. The molecule has 0 atom stereocenters. The molecule has 0 radical (unpaired) electrons. The van der Waals surface area contributed by atoms with Crippen molar-refractivity contribution in [3.63, 3.8) is 0 Å². The predicted molar refractivity (Wildman–Crippen MR) is 68.5 cm³/mol. The maximum absolute atomic E-state index is 9.91. The van der Waals surface area contributed by atoms with E-state index in [4.69, 9.17) is 0 Å². The maximum atomic E-state index is 9.91. The molecule has 0 amide bonds. The third kappa shape index (κ3) is 1.68. The molecule has 2 aromatic rings. The topological polar surface area (TPSA) is 25.2 Å². The van der Waals surface area contributed by atoms with E-state index in [0.29, 0.717) is 0 Å². The van der Waals surface area contributed by atoms with Gasteiger partial charge in [0, 0.05) is 35.0 Å². The van der Waals surface area contributed by atoms with E-state index in [1.54, 1.807) is 0 Å². The van der Waals surface area contributed by atoms with Gasteiger partial charge in [0.05, 0.1) is 5.60 Å². The Labute approximate surface area is 103 Å². The number of aromatic nitrogens is 1. The quantitative estimate of drug-likeness (QED) is 0.898. The number of aliphatic hydroxyl groups is 1. The fraction of sp³-hybridized carbons (Fsp3) is 0.385. The van der Waals surface area contributed by atoms with E-state index >= 15 is 0 Å². The zero-order valence-electron chi connectivity index (χ0n) is 9.20. The molecule has 1 aromatic heterocycles. The van der Waals surface area contributed by atoms with Crippen LogP contribution < -0.4 is 0 Å². The number of hydrogen-bond acceptors (Lipinski definition) is 1. The van der Waals surface area contributed by atoms with Crippen molar-refractivity contribution in [2.75, 3.05) is 0 Å². The first-order valence-corrected chi connectivity index (χ1v) is 6.33. The third-order valence-corrected chi connectivity index (χ3v) is 4.00. The molecule has 1 heterocycles. The highest BCUT2D eigenvalue weighted by molar-refractivity contribution is 9.10. The van der Waals surface area contributed by atoms with Gasteiger partial charge in [0.2, 0.25) is 0 Å². The average Bonchev–Trinajstić information content (AvgIpc) is 2.88. The summed E-state index contributed by atoms with van der Waals surface area (Å²) in [5.41, 5.74) is 2.03. The Balaban J connectivity index is 2.04. The minimum atomic E-state index is -0.408. The van der Waals surface area contributed by atoms with Crippen molar-refractivity contribution in [3.8, 4) is 0 Å². The Morgan fingerprint density at radius 3 is 2.88 bits per heavy atom. The van der Waals surface area contributed by atoms with E-state index in [9.17, 15) is 5.11 Å². The summed E-state index contributed by atoms with van der Waals surface area (Å²) in [4.78, 5) is 0. The van der Waals surface area contributed by atoms with Crippen LogP contribution in [0, 0.1) is 0 Å². The second kappa shape index (κ2) is 3.34. The molecule has 0 saturated heterocycles. The zero-order chi connectivity index (χ0) is 11.3. The first kappa shape index (κ1) is 10.4. The van der Waals surface area contributed by atoms with Crippen LogP contribution in [-0.2, 0) is 13.5 Å². The van der Waals surface area contributed by atoms with Gasteiger partial charge < -0.3 is 9.67 Å². The van der Waals surface area contributed by atoms with Crippen molar-refractivity contribution in [3.05, 3.63) is 34.4 Å². The van der Waals surface area contributed by atoms with Crippen molar-refractivity contribution in [1.29, 1.82) is 0 Å². The van der Waals surface area contributed by atoms with E-state index in [1.807, 2.05) is 7.05 Å². The summed E-state index contributed by atoms with van der Waals surface area (Å²) in [6.45, 7) is 0. The molecule has 1 saturated carbocycles. The monoisotopic (exact) mass is 279 g/mol. The predicted octanol–water partition coefficient (Wildman–Crippen LogP) is 3.01. The number of nitrogens with zero attached hydrogens (tertiary/aromatic N) is 1. The summed E-state index contributed by atoms with van der Waals surface area (Å²) in [5, 5.41) is 11.1. The molecule has 16 heavy (non-hydrogen) atoms. The van der Waals surface area contributed by atoms with Gasteiger partial charge in [-0.1, -0.05) is 6.07 Å². The fourth-order valence-electron chi connectivity index (χ4n) is 2.20. The lowest BCUT2D eigenvalue weighted by Gasteiger charge is -2.07. The van der Waals surface area contributed by atoms with E-state index in [1.165, 1.54) is 16.5 Å². The Hall–Kier alpha value is -0.800. The van der Waals surface area contributed by atoms with E-state index < -0.39 is 5.60 Å². The van der Waals surface area contributed by atoms with Gasteiger partial charge in [-0.2, -0.15) is 0 Å². The number of hydrogen-bond donors (Lipinski definition) is 1. The van der Waals surface area contributed by atoms with E-state index in [-0.39, 0.29) is 0 Å². The van der Waals surface area contributed by atoms with Crippen LogP contribution in [0.1, 0.15) is 18.4 Å². The molecule has 84 valence electrons. The summed E-state index contributed by atoms with van der Waals surface area (Å²) in [6, 6.07) is 6.42. The van der Waals surface area contributed by atoms with Crippen LogP contribution >= 0.6 is 15.9 Å². The normalized spacial score (nSPS) is 17.9. The summed E-state index contributed by atoms with van der Waals surface area (Å²) in [6.07, 6.45) is 4.74. The molecule has 0 spiro atoms. The smallest absolute Gasteiger partial charge is 0.0690 e. The summed E-state index contributed by atoms with van der Waals surface area (Å²) >= 11 is 3.56. The molecule has 1 aliphatic rings. The van der Waals surface area contributed by atoms with Crippen molar-refractivity contribution in [2.45, 2.75) is 24.9 Å². The number of benzene rings is 1. The Morgan fingerprint density at radius 1 is 1.44 bits per heavy atom. The van der Waals surface area contributed by atoms with Crippen LogP contribution in [0.3, 0.4) is 0 Å². The van der Waals surface area contributed by atoms with Crippen LogP contribution in [0.25, 0.3) is 10.9 Å². The first-order chi connectivity index (χ1) is 7.57. The van der Waals surface area contributed by atoms with Crippen LogP contribution in [-0.4, -0.2) is 15.3 Å². The summed E-state index contributed by atoms with van der Waals surface area (Å²) < 4.78 is 3.23. The Bertz CT molecular complexity index is 554. The van der Waals surface area contributed by atoms with Crippen LogP contribution in [0.15, 0.2) is 28.9 Å². The van der Waals surface area contributed by atoms with E-state index in [0.717, 1.165) is 23.7 Å². The summed E-state index contributed by atoms with van der Waals surface area (Å²) in [7, 11) is 2.04. The Morgan fingerprint density at radius 2 is 2.19 bits per heavy atom. The highest BCUT2D eigenvalue weighted by Gasteiger charge is 2.40. The van der Waals surface area contributed by atoms with Crippen molar-refractivity contribution < 1.29 is 5.11 Å². The lowest BCUT2D eigenvalue weighted by molar-refractivity contribution is 0.151. The van der Waals surface area contributed by atoms with Crippen molar-refractivity contribution in [2.24, 2.45) is 7.05 Å². The molecule has 0 unspecified atom stereocenters. The molecule has 0 bridgehead atoms. The molecular weight excluding hydrogens is 266 g/mol. The van der Waals surface area contributed by atoms with Gasteiger partial charge in [-0.05, 0) is 46.5 Å². The maximum Gasteiger partial charge on any atom is 0.0690 e. The van der Waals surface area contributed by atoms with Crippen molar-refractivity contribution in [1.82, 2.24) is 4.57 Å². The number of halogens is 1. The van der Waals surface area contributed by atoms with Gasteiger partial charge >= 0.3 is 0 Å². The van der Waals surface area contributed by atoms with Gasteiger partial charge in [-0.3, -0.25) is 0 Å². The minimum Gasteiger partial charge on any atom is -0.390 e. The SMILES string of the molecule is Cn1cc(Br)c2cc(CC3(O)CC3)ccc21. The second-order valence-corrected chi connectivity index (χ2v) is 5.69. The molecular formula is C13H14BrNO. The first-order valence-electron chi connectivity index (χ1n) is 5.53. The fourth-order valence-corrected chi connectivity index (χ4v) is 2.83. The molecule has 3 rings (SSSR count).